The number of nitrogens with one attached hydrogen (secondary N) is 1. The molecular formula is C20H23N3O3. The van der Waals surface area contributed by atoms with Crippen molar-refractivity contribution >= 4 is 23.2 Å². The number of carbonyl (C=O) groups is 2. The van der Waals surface area contributed by atoms with Gasteiger partial charge in [-0.15, -0.1) is 0 Å². The third-order valence-electron chi connectivity index (χ3n) is 4.47. The number of piperazine rings is 1. The molecule has 6 nitrogen and oxygen atoms in total. The zero-order valence-corrected chi connectivity index (χ0v) is 15.1. The van der Waals surface area contributed by atoms with Gasteiger partial charge in [0.2, 0.25) is 5.91 Å². The third kappa shape index (κ3) is 3.96. The number of hydrogen-bond acceptors (Lipinski definition) is 4. The summed E-state index contributed by atoms with van der Waals surface area (Å²) in [6, 6.07) is 15.1. The number of hydrogen-bond donors (Lipinski definition) is 1. The Morgan fingerprint density at radius 2 is 1.62 bits per heavy atom. The van der Waals surface area contributed by atoms with Crippen molar-refractivity contribution < 1.29 is 14.3 Å². The van der Waals surface area contributed by atoms with Crippen molar-refractivity contribution in [1.29, 1.82) is 0 Å². The van der Waals surface area contributed by atoms with Gasteiger partial charge in [-0.1, -0.05) is 12.1 Å². The molecule has 1 fully saturated rings. The van der Waals surface area contributed by atoms with Crippen molar-refractivity contribution in [3.63, 3.8) is 0 Å². The minimum absolute atomic E-state index is 0.0521. The Hall–Kier alpha value is -3.02. The predicted octanol–water partition coefficient (Wildman–Crippen LogP) is 2.62. The Kier molecular flexibility index (Phi) is 5.41. The molecule has 2 amide bonds. The highest BCUT2D eigenvalue weighted by molar-refractivity contribution is 6.03. The van der Waals surface area contributed by atoms with Crippen molar-refractivity contribution in [1.82, 2.24) is 4.90 Å². The number of anilines is 2. The molecule has 1 N–H and O–H groups in total. The molecule has 0 saturated carbocycles. The summed E-state index contributed by atoms with van der Waals surface area (Å²) in [6.45, 7) is 4.24. The maximum atomic E-state index is 12.9. The van der Waals surface area contributed by atoms with Crippen LogP contribution in [0.2, 0.25) is 0 Å². The molecule has 1 aliphatic heterocycles. The molecule has 3 rings (SSSR count). The molecule has 0 aliphatic carbocycles. The third-order valence-corrected chi connectivity index (χ3v) is 4.47. The highest BCUT2D eigenvalue weighted by Crippen LogP contribution is 2.22. The number of benzene rings is 2. The van der Waals surface area contributed by atoms with Gasteiger partial charge in [0, 0.05) is 38.8 Å². The van der Waals surface area contributed by atoms with Gasteiger partial charge in [-0.3, -0.25) is 9.59 Å². The highest BCUT2D eigenvalue weighted by Gasteiger charge is 2.24. The van der Waals surface area contributed by atoms with E-state index in [4.69, 9.17) is 4.74 Å². The first-order valence-electron chi connectivity index (χ1n) is 8.63. The van der Waals surface area contributed by atoms with Crippen molar-refractivity contribution in [2.24, 2.45) is 0 Å². The minimum atomic E-state index is -0.186. The largest absolute Gasteiger partial charge is 0.497 e. The highest BCUT2D eigenvalue weighted by atomic mass is 16.5. The van der Waals surface area contributed by atoms with Gasteiger partial charge in [0.1, 0.15) is 5.75 Å². The summed E-state index contributed by atoms with van der Waals surface area (Å²) in [4.78, 5) is 28.3. The van der Waals surface area contributed by atoms with Crippen LogP contribution < -0.4 is 15.0 Å². The molecule has 1 saturated heterocycles. The topological polar surface area (TPSA) is 61.9 Å². The van der Waals surface area contributed by atoms with Crippen LogP contribution in [-0.4, -0.2) is 50.0 Å². The fourth-order valence-electron chi connectivity index (χ4n) is 3.10. The first kappa shape index (κ1) is 17.8. The van der Waals surface area contributed by atoms with E-state index in [1.54, 1.807) is 19.2 Å². The monoisotopic (exact) mass is 353 g/mol. The van der Waals surface area contributed by atoms with Crippen LogP contribution in [0.5, 0.6) is 5.75 Å². The van der Waals surface area contributed by atoms with Crippen LogP contribution in [0.25, 0.3) is 0 Å². The molecular weight excluding hydrogens is 330 g/mol. The predicted molar refractivity (Wildman–Crippen MR) is 102 cm³/mol. The van der Waals surface area contributed by atoms with Gasteiger partial charge in [0.25, 0.3) is 5.91 Å². The fourth-order valence-corrected chi connectivity index (χ4v) is 3.10. The molecule has 1 aliphatic rings. The van der Waals surface area contributed by atoms with Gasteiger partial charge < -0.3 is 19.9 Å². The van der Waals surface area contributed by atoms with Crippen molar-refractivity contribution in [3.05, 3.63) is 54.1 Å². The average molecular weight is 353 g/mol. The van der Waals surface area contributed by atoms with Crippen LogP contribution in [0.15, 0.2) is 48.5 Å². The second-order valence-electron chi connectivity index (χ2n) is 6.20. The van der Waals surface area contributed by atoms with Gasteiger partial charge in [-0.25, -0.2) is 0 Å². The number of methoxy groups -OCH3 is 1. The van der Waals surface area contributed by atoms with E-state index in [1.807, 2.05) is 41.3 Å². The summed E-state index contributed by atoms with van der Waals surface area (Å²) < 4.78 is 5.19. The van der Waals surface area contributed by atoms with Crippen molar-refractivity contribution in [3.8, 4) is 5.75 Å². The lowest BCUT2D eigenvalue weighted by atomic mass is 10.1. The summed E-state index contributed by atoms with van der Waals surface area (Å²) in [6.07, 6.45) is 0. The van der Waals surface area contributed by atoms with Crippen LogP contribution >= 0.6 is 0 Å². The quantitative estimate of drug-likeness (QED) is 0.918. The number of carbonyl (C=O) groups excluding carboxylic acids is 2. The SMILES string of the molecule is COc1ccc(N2CCN(C(=O)c3ccccc3NC(C)=O)CC2)cc1. The summed E-state index contributed by atoms with van der Waals surface area (Å²) in [5.74, 6) is 0.593. The zero-order chi connectivity index (χ0) is 18.5. The van der Waals surface area contributed by atoms with Crippen LogP contribution in [0.4, 0.5) is 11.4 Å². The van der Waals surface area contributed by atoms with E-state index in [-0.39, 0.29) is 11.8 Å². The van der Waals surface area contributed by atoms with E-state index < -0.39 is 0 Å². The van der Waals surface area contributed by atoms with Crippen LogP contribution in [0.1, 0.15) is 17.3 Å². The Morgan fingerprint density at radius 3 is 2.23 bits per heavy atom. The number of rotatable bonds is 4. The fraction of sp³-hybridized carbons (Fsp3) is 0.300. The molecule has 0 bridgehead atoms. The minimum Gasteiger partial charge on any atom is -0.497 e. The molecule has 1 heterocycles. The van der Waals surface area contributed by atoms with E-state index >= 15 is 0 Å². The van der Waals surface area contributed by atoms with Crippen LogP contribution in [0.3, 0.4) is 0 Å². The lowest BCUT2D eigenvalue weighted by Gasteiger charge is -2.36. The van der Waals surface area contributed by atoms with Crippen molar-refractivity contribution in [2.75, 3.05) is 43.5 Å². The molecule has 2 aromatic rings. The van der Waals surface area contributed by atoms with E-state index in [0.717, 1.165) is 24.5 Å². The number of nitrogens with zero attached hydrogens (tertiary/aromatic N) is 2. The lowest BCUT2D eigenvalue weighted by molar-refractivity contribution is -0.114. The first-order valence-corrected chi connectivity index (χ1v) is 8.63. The summed E-state index contributed by atoms with van der Waals surface area (Å²) in [5, 5.41) is 2.73. The zero-order valence-electron chi connectivity index (χ0n) is 15.1. The molecule has 0 unspecified atom stereocenters. The number of ether oxygens (including phenoxy) is 1. The smallest absolute Gasteiger partial charge is 0.256 e. The average Bonchev–Trinajstić information content (AvgIpc) is 2.68. The molecule has 0 aromatic heterocycles. The summed E-state index contributed by atoms with van der Waals surface area (Å²) >= 11 is 0. The maximum Gasteiger partial charge on any atom is 0.256 e. The lowest BCUT2D eigenvalue weighted by Crippen LogP contribution is -2.48. The van der Waals surface area contributed by atoms with Crippen LogP contribution in [-0.2, 0) is 4.79 Å². The van der Waals surface area contributed by atoms with Crippen LogP contribution in [0, 0.1) is 0 Å². The normalized spacial score (nSPS) is 14.1. The molecule has 6 heteroatoms. The molecule has 26 heavy (non-hydrogen) atoms. The van der Waals surface area contributed by atoms with Crippen molar-refractivity contribution in [2.45, 2.75) is 6.92 Å². The Morgan fingerprint density at radius 1 is 0.962 bits per heavy atom. The Labute approximate surface area is 153 Å². The molecule has 136 valence electrons. The molecule has 0 atom stereocenters. The standard InChI is InChI=1S/C20H23N3O3/c1-15(24)21-19-6-4-3-5-18(19)20(25)23-13-11-22(12-14-23)16-7-9-17(26-2)10-8-16/h3-10H,11-14H2,1-2H3,(H,21,24). The number of amides is 2. The van der Waals surface area contributed by atoms with E-state index in [1.165, 1.54) is 6.92 Å². The molecule has 0 spiro atoms. The van der Waals surface area contributed by atoms with Gasteiger partial charge in [0.05, 0.1) is 18.4 Å². The Bertz CT molecular complexity index is 781. The second kappa shape index (κ2) is 7.91. The van der Waals surface area contributed by atoms with Gasteiger partial charge in [-0.05, 0) is 36.4 Å². The second-order valence-corrected chi connectivity index (χ2v) is 6.20. The van der Waals surface area contributed by atoms with E-state index in [0.29, 0.717) is 24.3 Å². The van der Waals surface area contributed by atoms with Gasteiger partial charge >= 0.3 is 0 Å². The Balaban J connectivity index is 1.66. The maximum absolute atomic E-state index is 12.9. The van der Waals surface area contributed by atoms with Gasteiger partial charge in [-0.2, -0.15) is 0 Å². The van der Waals surface area contributed by atoms with Gasteiger partial charge in [0.15, 0.2) is 0 Å². The summed E-state index contributed by atoms with van der Waals surface area (Å²) in [7, 11) is 1.65. The molecule has 0 radical (unpaired) electrons. The summed E-state index contributed by atoms with van der Waals surface area (Å²) in [5.41, 5.74) is 2.21. The first-order chi connectivity index (χ1) is 12.6. The van der Waals surface area contributed by atoms with E-state index in [9.17, 15) is 9.59 Å². The molecule has 2 aromatic carbocycles. The van der Waals surface area contributed by atoms with E-state index in [2.05, 4.69) is 10.2 Å². The number of para-hydroxylation sites is 1.